The van der Waals surface area contributed by atoms with E-state index in [1.54, 1.807) is 0 Å². The van der Waals surface area contributed by atoms with Gasteiger partial charge in [-0.15, -0.1) is 0 Å². The van der Waals surface area contributed by atoms with E-state index in [-0.39, 0.29) is 23.4 Å². The third-order valence-corrected chi connectivity index (χ3v) is 4.92. The minimum Gasteiger partial charge on any atom is -0.459 e. The van der Waals surface area contributed by atoms with Gasteiger partial charge >= 0.3 is 5.97 Å². The molecule has 1 fully saturated rings. The molecule has 2 heteroatoms. The van der Waals surface area contributed by atoms with Gasteiger partial charge in [-0.25, -0.2) is 0 Å². The summed E-state index contributed by atoms with van der Waals surface area (Å²) >= 11 is 0. The smallest absolute Gasteiger partial charge is 0.309 e. The number of carbonyl (C=O) groups excluding carboxylic acids is 1. The van der Waals surface area contributed by atoms with Crippen molar-refractivity contribution in [1.29, 1.82) is 0 Å². The number of ether oxygens (including phenoxy) is 1. The SMILES string of the molecule is CCC1(OC(=O)C(C)C(C)c2ccccc2)CCCC1. The minimum atomic E-state index is -0.179. The molecule has 0 N–H and O–H groups in total. The standard InChI is InChI=1S/C18H26O2/c1-4-18(12-8-9-13-18)20-17(19)15(3)14(2)16-10-6-5-7-11-16/h5-7,10-11,14-15H,4,8-9,12-13H2,1-3H3. The summed E-state index contributed by atoms with van der Waals surface area (Å²) in [6, 6.07) is 10.2. The lowest BCUT2D eigenvalue weighted by molar-refractivity contribution is -0.165. The fourth-order valence-electron chi connectivity index (χ4n) is 3.10. The monoisotopic (exact) mass is 274 g/mol. The fraction of sp³-hybridized carbons (Fsp3) is 0.611. The first-order chi connectivity index (χ1) is 9.58. The van der Waals surface area contributed by atoms with Crippen LogP contribution in [0.3, 0.4) is 0 Å². The van der Waals surface area contributed by atoms with Crippen LogP contribution in [-0.2, 0) is 9.53 Å². The quantitative estimate of drug-likeness (QED) is 0.728. The summed E-state index contributed by atoms with van der Waals surface area (Å²) in [6.45, 7) is 6.22. The minimum absolute atomic E-state index is 0.0369. The van der Waals surface area contributed by atoms with Crippen LogP contribution in [0.5, 0.6) is 0 Å². The van der Waals surface area contributed by atoms with Crippen LogP contribution >= 0.6 is 0 Å². The predicted octanol–water partition coefficient (Wildman–Crippen LogP) is 4.69. The molecule has 20 heavy (non-hydrogen) atoms. The Morgan fingerprint density at radius 1 is 1.20 bits per heavy atom. The van der Waals surface area contributed by atoms with Crippen molar-refractivity contribution in [3.05, 3.63) is 35.9 Å². The first kappa shape index (κ1) is 15.1. The van der Waals surface area contributed by atoms with Crippen molar-refractivity contribution in [3.63, 3.8) is 0 Å². The van der Waals surface area contributed by atoms with Gasteiger partial charge in [0, 0.05) is 0 Å². The third-order valence-electron chi connectivity index (χ3n) is 4.92. The van der Waals surface area contributed by atoms with Crippen LogP contribution in [0.2, 0.25) is 0 Å². The molecule has 0 amide bonds. The molecule has 0 aliphatic heterocycles. The first-order valence-corrected chi connectivity index (χ1v) is 7.86. The van der Waals surface area contributed by atoms with Gasteiger partial charge in [0.05, 0.1) is 5.92 Å². The highest BCUT2D eigenvalue weighted by atomic mass is 16.6. The molecule has 2 nitrogen and oxygen atoms in total. The summed E-state index contributed by atoms with van der Waals surface area (Å²) in [5.74, 6) is 0.0607. The summed E-state index contributed by atoms with van der Waals surface area (Å²) in [5, 5.41) is 0. The van der Waals surface area contributed by atoms with E-state index in [0.29, 0.717) is 0 Å². The van der Waals surface area contributed by atoms with Crippen LogP contribution in [0.15, 0.2) is 30.3 Å². The van der Waals surface area contributed by atoms with Crippen LogP contribution in [-0.4, -0.2) is 11.6 Å². The van der Waals surface area contributed by atoms with Crippen molar-refractivity contribution in [3.8, 4) is 0 Å². The van der Waals surface area contributed by atoms with Crippen LogP contribution in [0, 0.1) is 5.92 Å². The average Bonchev–Trinajstić information content (AvgIpc) is 2.95. The fourth-order valence-corrected chi connectivity index (χ4v) is 3.10. The number of hydrogen-bond acceptors (Lipinski definition) is 2. The third kappa shape index (κ3) is 3.23. The molecule has 2 unspecified atom stereocenters. The molecule has 2 atom stereocenters. The molecule has 1 aromatic rings. The van der Waals surface area contributed by atoms with Crippen molar-refractivity contribution >= 4 is 5.97 Å². The van der Waals surface area contributed by atoms with E-state index in [1.165, 1.54) is 18.4 Å². The highest BCUT2D eigenvalue weighted by molar-refractivity contribution is 5.73. The van der Waals surface area contributed by atoms with E-state index in [4.69, 9.17) is 4.74 Å². The number of carbonyl (C=O) groups is 1. The lowest BCUT2D eigenvalue weighted by atomic mass is 9.88. The maximum Gasteiger partial charge on any atom is 0.309 e. The maximum absolute atomic E-state index is 12.5. The van der Waals surface area contributed by atoms with Crippen molar-refractivity contribution in [2.24, 2.45) is 5.92 Å². The van der Waals surface area contributed by atoms with Crippen molar-refractivity contribution < 1.29 is 9.53 Å². The Kier molecular flexibility index (Phi) is 4.85. The van der Waals surface area contributed by atoms with Crippen LogP contribution in [0.25, 0.3) is 0 Å². The largest absolute Gasteiger partial charge is 0.459 e. The van der Waals surface area contributed by atoms with Crippen molar-refractivity contribution in [1.82, 2.24) is 0 Å². The zero-order chi connectivity index (χ0) is 14.6. The second-order valence-corrected chi connectivity index (χ2v) is 6.15. The van der Waals surface area contributed by atoms with Gasteiger partial charge in [-0.05, 0) is 43.6 Å². The van der Waals surface area contributed by atoms with Gasteiger partial charge in [0.15, 0.2) is 0 Å². The molecule has 0 saturated heterocycles. The number of rotatable bonds is 5. The Morgan fingerprint density at radius 2 is 1.80 bits per heavy atom. The zero-order valence-corrected chi connectivity index (χ0v) is 12.9. The van der Waals surface area contributed by atoms with Crippen LogP contribution < -0.4 is 0 Å². The van der Waals surface area contributed by atoms with E-state index >= 15 is 0 Å². The average molecular weight is 274 g/mol. The Balaban J connectivity index is 2.01. The van der Waals surface area contributed by atoms with Gasteiger partial charge in [0.1, 0.15) is 5.60 Å². The van der Waals surface area contributed by atoms with Gasteiger partial charge in [0.2, 0.25) is 0 Å². The molecule has 0 heterocycles. The second kappa shape index (κ2) is 6.43. The van der Waals surface area contributed by atoms with Gasteiger partial charge in [-0.1, -0.05) is 51.1 Å². The predicted molar refractivity (Wildman–Crippen MR) is 81.6 cm³/mol. The highest BCUT2D eigenvalue weighted by Crippen LogP contribution is 2.37. The molecule has 0 radical (unpaired) electrons. The molecule has 1 aromatic carbocycles. The van der Waals surface area contributed by atoms with Gasteiger partial charge < -0.3 is 4.74 Å². The molecule has 1 aliphatic rings. The molecular weight excluding hydrogens is 248 g/mol. The number of hydrogen-bond donors (Lipinski definition) is 0. The maximum atomic E-state index is 12.5. The molecule has 0 aromatic heterocycles. The summed E-state index contributed by atoms with van der Waals surface area (Å²) in [6.07, 6.45) is 5.36. The molecule has 110 valence electrons. The topological polar surface area (TPSA) is 26.3 Å². The number of esters is 1. The first-order valence-electron chi connectivity index (χ1n) is 7.86. The van der Waals surface area contributed by atoms with E-state index in [1.807, 2.05) is 25.1 Å². The summed E-state index contributed by atoms with van der Waals surface area (Å²) < 4.78 is 5.91. The molecule has 1 aliphatic carbocycles. The highest BCUT2D eigenvalue weighted by Gasteiger charge is 2.37. The Labute approximate surface area is 122 Å². The summed E-state index contributed by atoms with van der Waals surface area (Å²) in [4.78, 5) is 12.5. The number of benzene rings is 1. The van der Waals surface area contributed by atoms with Crippen molar-refractivity contribution in [2.45, 2.75) is 64.4 Å². The normalized spacial score (nSPS) is 20.4. The lowest BCUT2D eigenvalue weighted by Gasteiger charge is -2.30. The van der Waals surface area contributed by atoms with Gasteiger partial charge in [-0.3, -0.25) is 4.79 Å². The zero-order valence-electron chi connectivity index (χ0n) is 12.9. The molecule has 2 rings (SSSR count). The molecule has 0 bridgehead atoms. The van der Waals surface area contributed by atoms with E-state index < -0.39 is 0 Å². The molecule has 1 saturated carbocycles. The Bertz CT molecular complexity index is 432. The molecular formula is C18H26O2. The van der Waals surface area contributed by atoms with E-state index in [9.17, 15) is 4.79 Å². The van der Waals surface area contributed by atoms with E-state index in [0.717, 1.165) is 19.3 Å². The van der Waals surface area contributed by atoms with Crippen LogP contribution in [0.4, 0.5) is 0 Å². The van der Waals surface area contributed by atoms with E-state index in [2.05, 4.69) is 26.0 Å². The van der Waals surface area contributed by atoms with Crippen LogP contribution in [0.1, 0.15) is 64.4 Å². The second-order valence-electron chi connectivity index (χ2n) is 6.15. The Hall–Kier alpha value is -1.31. The van der Waals surface area contributed by atoms with Gasteiger partial charge in [-0.2, -0.15) is 0 Å². The summed E-state index contributed by atoms with van der Waals surface area (Å²) in [5.41, 5.74) is 1.02. The Morgan fingerprint density at radius 3 is 2.35 bits per heavy atom. The lowest BCUT2D eigenvalue weighted by Crippen LogP contribution is -2.34. The van der Waals surface area contributed by atoms with Gasteiger partial charge in [0.25, 0.3) is 0 Å². The van der Waals surface area contributed by atoms with Crippen molar-refractivity contribution in [2.75, 3.05) is 0 Å². The summed E-state index contributed by atoms with van der Waals surface area (Å²) in [7, 11) is 0. The molecule has 0 spiro atoms.